The molecule has 2 aromatic heterocycles. The summed E-state index contributed by atoms with van der Waals surface area (Å²) in [5, 5.41) is 4.95. The monoisotopic (exact) mass is 427 g/mol. The van der Waals surface area contributed by atoms with Gasteiger partial charge in [0.25, 0.3) is 0 Å². The number of hydrogen-bond donors (Lipinski definition) is 0. The Morgan fingerprint density at radius 3 is 2.72 bits per heavy atom. The van der Waals surface area contributed by atoms with Crippen LogP contribution in [-0.4, -0.2) is 38.5 Å². The van der Waals surface area contributed by atoms with Gasteiger partial charge in [-0.2, -0.15) is 5.10 Å². The highest BCUT2D eigenvalue weighted by Crippen LogP contribution is 2.37. The smallest absolute Gasteiger partial charge is 0.231 e. The zero-order valence-electron chi connectivity index (χ0n) is 18.2. The van der Waals surface area contributed by atoms with Crippen molar-refractivity contribution in [2.24, 2.45) is 0 Å². The van der Waals surface area contributed by atoms with Gasteiger partial charge in [0.15, 0.2) is 11.5 Å². The third-order valence-corrected chi connectivity index (χ3v) is 5.78. The van der Waals surface area contributed by atoms with E-state index in [9.17, 15) is 0 Å². The van der Waals surface area contributed by atoms with Gasteiger partial charge in [0.2, 0.25) is 6.79 Å². The lowest BCUT2D eigenvalue weighted by Gasteiger charge is -2.24. The van der Waals surface area contributed by atoms with Crippen molar-refractivity contribution in [1.82, 2.24) is 24.6 Å². The first-order valence-electron chi connectivity index (χ1n) is 10.6. The van der Waals surface area contributed by atoms with Gasteiger partial charge in [-0.1, -0.05) is 30.3 Å². The molecule has 0 aliphatic carbocycles. The minimum atomic E-state index is 0.139. The van der Waals surface area contributed by atoms with Crippen molar-refractivity contribution in [3.05, 3.63) is 90.1 Å². The molecule has 0 saturated carbocycles. The second-order valence-electron chi connectivity index (χ2n) is 7.98. The molecule has 1 atom stereocenters. The van der Waals surface area contributed by atoms with Crippen molar-refractivity contribution >= 4 is 0 Å². The molecule has 1 aliphatic heterocycles. The van der Waals surface area contributed by atoms with E-state index >= 15 is 0 Å². The Bertz CT molecular complexity index is 1190. The minimum Gasteiger partial charge on any atom is -0.454 e. The predicted octanol–water partition coefficient (Wildman–Crippen LogP) is 4.31. The van der Waals surface area contributed by atoms with E-state index in [1.807, 2.05) is 35.0 Å². The zero-order chi connectivity index (χ0) is 21.9. The van der Waals surface area contributed by atoms with Gasteiger partial charge in [-0.15, -0.1) is 0 Å². The fraction of sp³-hybridized carbons (Fsp3) is 0.240. The minimum absolute atomic E-state index is 0.139. The summed E-state index contributed by atoms with van der Waals surface area (Å²) in [5.41, 5.74) is 5.30. The van der Waals surface area contributed by atoms with Crippen LogP contribution in [0, 0.1) is 0 Å². The average molecular weight is 428 g/mol. The summed E-state index contributed by atoms with van der Waals surface area (Å²) in [4.78, 5) is 10.7. The highest BCUT2D eigenvalue weighted by molar-refractivity contribution is 5.67. The van der Waals surface area contributed by atoms with Crippen LogP contribution < -0.4 is 9.47 Å². The molecule has 2 aromatic carbocycles. The van der Waals surface area contributed by atoms with E-state index in [1.165, 1.54) is 5.56 Å². The first-order chi connectivity index (χ1) is 15.7. The van der Waals surface area contributed by atoms with Crippen molar-refractivity contribution in [3.63, 3.8) is 0 Å². The first kappa shape index (κ1) is 20.2. The molecule has 0 amide bonds. The number of hydrogen-bond acceptors (Lipinski definition) is 6. The standard InChI is InChI=1S/C25H25N5O2/c1-18(22-10-11-26-16-27-22)29(2)14-21-15-30(13-19-6-4-3-5-7-19)28-25(21)20-8-9-23-24(12-20)32-17-31-23/h3-12,15-16,18H,13-14,17H2,1-2H3. The molecule has 4 aromatic rings. The van der Waals surface area contributed by atoms with E-state index in [4.69, 9.17) is 14.6 Å². The number of ether oxygens (including phenoxy) is 2. The van der Waals surface area contributed by atoms with Gasteiger partial charge in [-0.25, -0.2) is 9.97 Å². The van der Waals surface area contributed by atoms with Gasteiger partial charge in [0.05, 0.1) is 17.9 Å². The van der Waals surface area contributed by atoms with E-state index in [-0.39, 0.29) is 12.8 Å². The van der Waals surface area contributed by atoms with Gasteiger partial charge in [0, 0.05) is 36.1 Å². The summed E-state index contributed by atoms with van der Waals surface area (Å²) in [6.07, 6.45) is 5.51. The summed E-state index contributed by atoms with van der Waals surface area (Å²) in [7, 11) is 2.10. The van der Waals surface area contributed by atoms with Crippen molar-refractivity contribution in [1.29, 1.82) is 0 Å². The molecule has 7 nitrogen and oxygen atoms in total. The quantitative estimate of drug-likeness (QED) is 0.438. The maximum Gasteiger partial charge on any atom is 0.231 e. The van der Waals surface area contributed by atoms with Crippen LogP contribution in [0.25, 0.3) is 11.3 Å². The molecule has 0 saturated heterocycles. The maximum atomic E-state index is 5.60. The van der Waals surface area contributed by atoms with E-state index < -0.39 is 0 Å². The van der Waals surface area contributed by atoms with E-state index in [2.05, 4.69) is 59.3 Å². The molecule has 0 fully saturated rings. The largest absolute Gasteiger partial charge is 0.454 e. The third kappa shape index (κ3) is 4.20. The Labute approximate surface area is 187 Å². The van der Waals surface area contributed by atoms with Crippen molar-refractivity contribution in [3.8, 4) is 22.8 Å². The van der Waals surface area contributed by atoms with Crippen molar-refractivity contribution in [2.75, 3.05) is 13.8 Å². The number of fused-ring (bicyclic) bond motifs is 1. The number of nitrogens with zero attached hydrogens (tertiary/aromatic N) is 5. The molecule has 0 radical (unpaired) electrons. The van der Waals surface area contributed by atoms with Crippen molar-refractivity contribution < 1.29 is 9.47 Å². The lowest BCUT2D eigenvalue weighted by Crippen LogP contribution is -2.22. The molecule has 1 unspecified atom stereocenters. The number of aromatic nitrogens is 4. The van der Waals surface area contributed by atoms with Crippen LogP contribution in [0.15, 0.2) is 73.3 Å². The van der Waals surface area contributed by atoms with Gasteiger partial charge in [-0.05, 0) is 43.8 Å². The topological polar surface area (TPSA) is 65.3 Å². The molecule has 5 rings (SSSR count). The summed E-state index contributed by atoms with van der Waals surface area (Å²) >= 11 is 0. The molecule has 3 heterocycles. The second-order valence-corrected chi connectivity index (χ2v) is 7.98. The van der Waals surface area contributed by atoms with E-state index in [0.29, 0.717) is 6.54 Å². The molecule has 7 heteroatoms. The normalized spacial score (nSPS) is 13.5. The lowest BCUT2D eigenvalue weighted by molar-refractivity contribution is 0.174. The van der Waals surface area contributed by atoms with Crippen LogP contribution in [-0.2, 0) is 13.1 Å². The molecular formula is C25H25N5O2. The predicted molar refractivity (Wildman–Crippen MR) is 121 cm³/mol. The summed E-state index contributed by atoms with van der Waals surface area (Å²) in [6.45, 7) is 3.84. The van der Waals surface area contributed by atoms with Crippen LogP contribution in [0.1, 0.15) is 29.8 Å². The van der Waals surface area contributed by atoms with Crippen LogP contribution in [0.3, 0.4) is 0 Å². The summed E-state index contributed by atoms with van der Waals surface area (Å²) < 4.78 is 13.1. The van der Waals surface area contributed by atoms with E-state index in [1.54, 1.807) is 12.5 Å². The molecule has 0 bridgehead atoms. The Morgan fingerprint density at radius 2 is 1.91 bits per heavy atom. The first-order valence-corrected chi connectivity index (χ1v) is 10.6. The van der Waals surface area contributed by atoms with Crippen LogP contribution >= 0.6 is 0 Å². The molecule has 1 aliphatic rings. The highest BCUT2D eigenvalue weighted by atomic mass is 16.7. The van der Waals surface area contributed by atoms with Crippen LogP contribution in [0.4, 0.5) is 0 Å². The highest BCUT2D eigenvalue weighted by Gasteiger charge is 2.20. The second kappa shape index (κ2) is 8.80. The van der Waals surface area contributed by atoms with Crippen LogP contribution in [0.2, 0.25) is 0 Å². The Balaban J connectivity index is 1.47. The SMILES string of the molecule is CC(c1ccncn1)N(C)Cc1cn(Cc2ccccc2)nc1-c1ccc2c(c1)OCO2. The molecule has 162 valence electrons. The Kier molecular flexibility index (Phi) is 5.56. The van der Waals surface area contributed by atoms with Crippen LogP contribution in [0.5, 0.6) is 11.5 Å². The Hall–Kier alpha value is -3.71. The lowest BCUT2D eigenvalue weighted by atomic mass is 10.1. The van der Waals surface area contributed by atoms with E-state index in [0.717, 1.165) is 40.6 Å². The number of benzene rings is 2. The number of rotatable bonds is 7. The molecule has 0 N–H and O–H groups in total. The molecule has 0 spiro atoms. The van der Waals surface area contributed by atoms with Gasteiger partial charge in [-0.3, -0.25) is 9.58 Å². The summed E-state index contributed by atoms with van der Waals surface area (Å²) in [6, 6.07) is 18.5. The maximum absolute atomic E-state index is 5.60. The fourth-order valence-electron chi connectivity index (χ4n) is 3.90. The van der Waals surface area contributed by atoms with Gasteiger partial charge >= 0.3 is 0 Å². The molecular weight excluding hydrogens is 402 g/mol. The third-order valence-electron chi connectivity index (χ3n) is 5.78. The van der Waals surface area contributed by atoms with Gasteiger partial charge in [0.1, 0.15) is 6.33 Å². The molecule has 32 heavy (non-hydrogen) atoms. The average Bonchev–Trinajstić information content (AvgIpc) is 3.46. The fourth-order valence-corrected chi connectivity index (χ4v) is 3.90. The van der Waals surface area contributed by atoms with Crippen molar-refractivity contribution in [2.45, 2.75) is 26.1 Å². The summed E-state index contributed by atoms with van der Waals surface area (Å²) in [5.74, 6) is 1.53. The Morgan fingerprint density at radius 1 is 1.06 bits per heavy atom. The van der Waals surface area contributed by atoms with Gasteiger partial charge < -0.3 is 9.47 Å². The zero-order valence-corrected chi connectivity index (χ0v) is 18.2.